The van der Waals surface area contributed by atoms with Crippen LogP contribution in [0.1, 0.15) is 29.8 Å². The van der Waals surface area contributed by atoms with Gasteiger partial charge in [0.2, 0.25) is 0 Å². The second-order valence-electron chi connectivity index (χ2n) is 8.73. The number of benzene rings is 2. The van der Waals surface area contributed by atoms with Crippen molar-refractivity contribution in [3.8, 4) is 17.1 Å². The molecule has 3 saturated carbocycles. The zero-order valence-electron chi connectivity index (χ0n) is 17.8. The molecule has 1 atom stereocenters. The standard InChI is InChI=1S/C24H20Cl2FN3O4/c25-15-3-1-13(2-4-15)21-8-19(30-34-21)23(32)29-24-9-14(10-24)20(11-24)28-22(31)12-33-16-5-6-17(26)18(27)7-16/h1-8,14,20H,9-12H2,(H,28,31)(H,29,32). The van der Waals surface area contributed by atoms with Crippen LogP contribution in [0.15, 0.2) is 53.1 Å². The molecule has 1 heterocycles. The normalized spacial score (nSPS) is 22.7. The highest BCUT2D eigenvalue weighted by atomic mass is 35.5. The molecule has 2 bridgehead atoms. The van der Waals surface area contributed by atoms with Crippen LogP contribution in [0.2, 0.25) is 10.0 Å². The van der Waals surface area contributed by atoms with E-state index in [0.717, 1.165) is 24.5 Å². The van der Waals surface area contributed by atoms with Gasteiger partial charge in [0, 0.05) is 34.3 Å². The topological polar surface area (TPSA) is 93.5 Å². The van der Waals surface area contributed by atoms with E-state index in [-0.39, 0.29) is 52.4 Å². The minimum atomic E-state index is -0.610. The number of ether oxygens (including phenoxy) is 1. The van der Waals surface area contributed by atoms with Crippen LogP contribution in [0.4, 0.5) is 4.39 Å². The summed E-state index contributed by atoms with van der Waals surface area (Å²) in [6.07, 6.45) is 2.16. The predicted molar refractivity (Wildman–Crippen MR) is 123 cm³/mol. The number of hydrogen-bond donors (Lipinski definition) is 2. The summed E-state index contributed by atoms with van der Waals surface area (Å²) in [6.45, 7) is -0.240. The first kappa shape index (κ1) is 22.7. The number of carbonyl (C=O) groups is 2. The van der Waals surface area contributed by atoms with E-state index in [4.69, 9.17) is 32.5 Å². The Labute approximate surface area is 204 Å². The highest BCUT2D eigenvalue weighted by molar-refractivity contribution is 6.31. The number of amides is 2. The third-order valence-corrected chi connectivity index (χ3v) is 6.90. The number of hydrogen-bond acceptors (Lipinski definition) is 5. The molecular formula is C24H20Cl2FN3O4. The maximum Gasteiger partial charge on any atom is 0.273 e. The van der Waals surface area contributed by atoms with Crippen molar-refractivity contribution in [1.82, 2.24) is 15.8 Å². The summed E-state index contributed by atoms with van der Waals surface area (Å²) in [5.74, 6) is -0.258. The van der Waals surface area contributed by atoms with Crippen LogP contribution < -0.4 is 15.4 Å². The lowest BCUT2D eigenvalue weighted by Gasteiger charge is -2.38. The fourth-order valence-electron chi connectivity index (χ4n) is 4.71. The van der Waals surface area contributed by atoms with E-state index in [0.29, 0.717) is 17.2 Å². The van der Waals surface area contributed by atoms with Crippen LogP contribution >= 0.6 is 23.2 Å². The molecule has 6 rings (SSSR count). The number of fused-ring (bicyclic) bond motifs is 1. The summed E-state index contributed by atoms with van der Waals surface area (Å²) in [5, 5.41) is 10.5. The molecule has 3 aliphatic rings. The minimum Gasteiger partial charge on any atom is -0.484 e. The van der Waals surface area contributed by atoms with Crippen molar-refractivity contribution in [3.63, 3.8) is 0 Å². The Bertz CT molecular complexity index is 1240. The maximum atomic E-state index is 13.5. The average molecular weight is 504 g/mol. The zero-order chi connectivity index (χ0) is 23.9. The zero-order valence-corrected chi connectivity index (χ0v) is 19.3. The highest BCUT2D eigenvalue weighted by Gasteiger charge is 2.57. The molecule has 7 nitrogen and oxygen atoms in total. The van der Waals surface area contributed by atoms with Crippen molar-refractivity contribution in [1.29, 1.82) is 0 Å². The van der Waals surface area contributed by atoms with Crippen LogP contribution in [0.25, 0.3) is 11.3 Å². The van der Waals surface area contributed by atoms with Crippen molar-refractivity contribution in [3.05, 3.63) is 70.1 Å². The van der Waals surface area contributed by atoms with E-state index in [1.807, 2.05) is 0 Å². The fourth-order valence-corrected chi connectivity index (χ4v) is 4.95. The van der Waals surface area contributed by atoms with Gasteiger partial charge in [0.25, 0.3) is 11.8 Å². The maximum absolute atomic E-state index is 13.5. The van der Waals surface area contributed by atoms with Gasteiger partial charge in [-0.2, -0.15) is 0 Å². The van der Waals surface area contributed by atoms with Gasteiger partial charge in [-0.25, -0.2) is 4.39 Å². The Morgan fingerprint density at radius 1 is 1.12 bits per heavy atom. The molecule has 3 aromatic rings. The summed E-state index contributed by atoms with van der Waals surface area (Å²) in [6, 6.07) is 12.6. The third kappa shape index (κ3) is 4.60. The van der Waals surface area contributed by atoms with E-state index in [1.54, 1.807) is 30.3 Å². The monoisotopic (exact) mass is 503 g/mol. The van der Waals surface area contributed by atoms with Crippen LogP contribution in [0, 0.1) is 11.7 Å². The molecule has 1 unspecified atom stereocenters. The van der Waals surface area contributed by atoms with Gasteiger partial charge in [-0.05, 0) is 61.6 Å². The van der Waals surface area contributed by atoms with E-state index in [2.05, 4.69) is 15.8 Å². The van der Waals surface area contributed by atoms with Crippen molar-refractivity contribution in [2.45, 2.75) is 30.8 Å². The van der Waals surface area contributed by atoms with Crippen molar-refractivity contribution >= 4 is 35.0 Å². The van der Waals surface area contributed by atoms with Gasteiger partial charge in [0.05, 0.1) is 5.02 Å². The third-order valence-electron chi connectivity index (χ3n) is 6.34. The van der Waals surface area contributed by atoms with Gasteiger partial charge >= 0.3 is 0 Å². The first-order valence-electron chi connectivity index (χ1n) is 10.7. The summed E-state index contributed by atoms with van der Waals surface area (Å²) in [7, 11) is 0. The molecule has 0 spiro atoms. The Balaban J connectivity index is 1.13. The number of carbonyl (C=O) groups excluding carboxylic acids is 2. The van der Waals surface area contributed by atoms with E-state index in [1.165, 1.54) is 12.1 Å². The second kappa shape index (κ2) is 8.92. The Morgan fingerprint density at radius 2 is 1.88 bits per heavy atom. The molecule has 0 radical (unpaired) electrons. The van der Waals surface area contributed by atoms with Gasteiger partial charge < -0.3 is 19.9 Å². The fraction of sp³-hybridized carbons (Fsp3) is 0.292. The molecule has 0 saturated heterocycles. The molecular weight excluding hydrogens is 484 g/mol. The molecule has 1 aromatic heterocycles. The molecule has 10 heteroatoms. The number of rotatable bonds is 7. The van der Waals surface area contributed by atoms with Crippen LogP contribution in [0.5, 0.6) is 5.75 Å². The molecule has 0 aliphatic heterocycles. The SMILES string of the molecule is O=C(COc1ccc(Cl)c(F)c1)NC1CC2(NC(=O)c3cc(-c4ccc(Cl)cc4)on3)CC1C2. The number of aromatic nitrogens is 1. The van der Waals surface area contributed by atoms with E-state index in [9.17, 15) is 14.0 Å². The highest BCUT2D eigenvalue weighted by Crippen LogP contribution is 2.52. The van der Waals surface area contributed by atoms with Crippen molar-refractivity contribution < 1.29 is 23.2 Å². The van der Waals surface area contributed by atoms with Crippen LogP contribution in [-0.4, -0.2) is 35.2 Å². The second-order valence-corrected chi connectivity index (χ2v) is 9.57. The molecule has 2 amide bonds. The lowest BCUT2D eigenvalue weighted by Crippen LogP contribution is -2.51. The predicted octanol–water partition coefficient (Wildman–Crippen LogP) is 4.63. The van der Waals surface area contributed by atoms with Gasteiger partial charge in [0.15, 0.2) is 18.1 Å². The molecule has 3 fully saturated rings. The first-order chi connectivity index (χ1) is 16.3. The number of halogens is 3. The first-order valence-corrected chi connectivity index (χ1v) is 11.5. The number of nitrogens with zero attached hydrogens (tertiary/aromatic N) is 1. The van der Waals surface area contributed by atoms with E-state index < -0.39 is 5.82 Å². The average Bonchev–Trinajstić information content (AvgIpc) is 3.48. The summed E-state index contributed by atoms with van der Waals surface area (Å²) in [5.41, 5.74) is 0.586. The lowest BCUT2D eigenvalue weighted by atomic mass is 9.76. The van der Waals surface area contributed by atoms with E-state index >= 15 is 0 Å². The van der Waals surface area contributed by atoms with Gasteiger partial charge in [0.1, 0.15) is 11.6 Å². The quantitative estimate of drug-likeness (QED) is 0.490. The molecule has 34 heavy (non-hydrogen) atoms. The minimum absolute atomic E-state index is 0.0123. The number of nitrogens with one attached hydrogen (secondary N) is 2. The molecule has 176 valence electrons. The van der Waals surface area contributed by atoms with Crippen LogP contribution in [-0.2, 0) is 4.79 Å². The van der Waals surface area contributed by atoms with Crippen molar-refractivity contribution in [2.24, 2.45) is 5.92 Å². The summed E-state index contributed by atoms with van der Waals surface area (Å²) in [4.78, 5) is 25.1. The van der Waals surface area contributed by atoms with Crippen molar-refractivity contribution in [2.75, 3.05) is 6.61 Å². The van der Waals surface area contributed by atoms with Gasteiger partial charge in [-0.1, -0.05) is 28.4 Å². The molecule has 2 N–H and O–H groups in total. The van der Waals surface area contributed by atoms with Gasteiger partial charge in [-0.15, -0.1) is 0 Å². The Hall–Kier alpha value is -3.10. The Morgan fingerprint density at radius 3 is 2.62 bits per heavy atom. The molecule has 3 aliphatic carbocycles. The largest absolute Gasteiger partial charge is 0.484 e. The van der Waals surface area contributed by atoms with Gasteiger partial charge in [-0.3, -0.25) is 9.59 Å². The summed E-state index contributed by atoms with van der Waals surface area (Å²) < 4.78 is 24.2. The van der Waals surface area contributed by atoms with Crippen LogP contribution in [0.3, 0.4) is 0 Å². The lowest BCUT2D eigenvalue weighted by molar-refractivity contribution is -0.124. The Kier molecular flexibility index (Phi) is 5.95. The molecule has 2 aromatic carbocycles. The smallest absolute Gasteiger partial charge is 0.273 e. The summed E-state index contributed by atoms with van der Waals surface area (Å²) >= 11 is 11.6.